The topological polar surface area (TPSA) is 29.3 Å². The molecule has 0 saturated heterocycles. The van der Waals surface area contributed by atoms with E-state index in [0.717, 1.165) is 12.5 Å². The summed E-state index contributed by atoms with van der Waals surface area (Å²) in [7, 11) is 2.24. The summed E-state index contributed by atoms with van der Waals surface area (Å²) < 4.78 is 0. The Morgan fingerprint density at radius 3 is 2.38 bits per heavy atom. The molecule has 1 rings (SSSR count). The van der Waals surface area contributed by atoms with Gasteiger partial charge in [0.15, 0.2) is 0 Å². The van der Waals surface area contributed by atoms with E-state index in [9.17, 15) is 0 Å². The van der Waals surface area contributed by atoms with Crippen molar-refractivity contribution < 1.29 is 0 Å². The van der Waals surface area contributed by atoms with Crippen LogP contribution in [0.15, 0.2) is 0 Å². The standard InChI is InChI=1S/C14H30N2/c1-4-12(2)16(3)14(11-15)10-13-8-6-5-7-9-13/h12-14H,4-11,15H2,1-3H3. The van der Waals surface area contributed by atoms with Crippen LogP contribution in [-0.2, 0) is 0 Å². The van der Waals surface area contributed by atoms with Gasteiger partial charge in [-0.2, -0.15) is 0 Å². The number of nitrogens with two attached hydrogens (primary N) is 1. The molecule has 2 N–H and O–H groups in total. The van der Waals surface area contributed by atoms with Crippen LogP contribution in [0.1, 0.15) is 58.8 Å². The lowest BCUT2D eigenvalue weighted by Crippen LogP contribution is -2.44. The van der Waals surface area contributed by atoms with E-state index in [0.29, 0.717) is 12.1 Å². The molecule has 2 nitrogen and oxygen atoms in total. The summed E-state index contributed by atoms with van der Waals surface area (Å²) in [5.41, 5.74) is 5.94. The molecule has 1 saturated carbocycles. The smallest absolute Gasteiger partial charge is 0.0220 e. The van der Waals surface area contributed by atoms with Gasteiger partial charge in [0.25, 0.3) is 0 Å². The molecule has 0 amide bonds. The second-order valence-corrected chi connectivity index (χ2v) is 5.55. The van der Waals surface area contributed by atoms with Crippen molar-refractivity contribution in [2.45, 2.75) is 70.9 Å². The summed E-state index contributed by atoms with van der Waals surface area (Å²) in [6.07, 6.45) is 9.74. The SMILES string of the molecule is CCC(C)N(C)C(CN)CC1CCCCC1. The Bertz CT molecular complexity index is 176. The number of nitrogens with zero attached hydrogens (tertiary/aromatic N) is 1. The zero-order valence-corrected chi connectivity index (χ0v) is 11.4. The van der Waals surface area contributed by atoms with Crippen LogP contribution in [0.2, 0.25) is 0 Å². The first-order chi connectivity index (χ1) is 7.69. The van der Waals surface area contributed by atoms with E-state index >= 15 is 0 Å². The Morgan fingerprint density at radius 1 is 1.25 bits per heavy atom. The monoisotopic (exact) mass is 226 g/mol. The van der Waals surface area contributed by atoms with E-state index in [2.05, 4.69) is 25.8 Å². The predicted octanol–water partition coefficient (Wildman–Crippen LogP) is 3.01. The molecule has 0 aliphatic heterocycles. The summed E-state index contributed by atoms with van der Waals surface area (Å²) in [5.74, 6) is 0.939. The van der Waals surface area contributed by atoms with Crippen molar-refractivity contribution in [1.29, 1.82) is 0 Å². The van der Waals surface area contributed by atoms with Crippen LogP contribution in [0.25, 0.3) is 0 Å². The van der Waals surface area contributed by atoms with Gasteiger partial charge in [-0.25, -0.2) is 0 Å². The van der Waals surface area contributed by atoms with Crippen molar-refractivity contribution >= 4 is 0 Å². The molecule has 2 atom stereocenters. The van der Waals surface area contributed by atoms with Crippen molar-refractivity contribution in [2.24, 2.45) is 11.7 Å². The lowest BCUT2D eigenvalue weighted by Gasteiger charge is -2.35. The molecule has 0 aromatic rings. The zero-order valence-electron chi connectivity index (χ0n) is 11.4. The molecule has 2 heteroatoms. The molecule has 16 heavy (non-hydrogen) atoms. The molecular formula is C14H30N2. The van der Waals surface area contributed by atoms with E-state index in [4.69, 9.17) is 5.73 Å². The Morgan fingerprint density at radius 2 is 1.88 bits per heavy atom. The van der Waals surface area contributed by atoms with Crippen molar-refractivity contribution in [3.8, 4) is 0 Å². The van der Waals surface area contributed by atoms with Crippen LogP contribution in [0.5, 0.6) is 0 Å². The van der Waals surface area contributed by atoms with E-state index in [-0.39, 0.29) is 0 Å². The Hall–Kier alpha value is -0.0800. The molecule has 0 heterocycles. The first kappa shape index (κ1) is 14.0. The Balaban J connectivity index is 2.40. The first-order valence-electron chi connectivity index (χ1n) is 7.11. The summed E-state index contributed by atoms with van der Waals surface area (Å²) in [5, 5.41) is 0. The molecule has 1 aliphatic carbocycles. The van der Waals surface area contributed by atoms with Gasteiger partial charge in [0, 0.05) is 18.6 Å². The molecule has 96 valence electrons. The minimum atomic E-state index is 0.595. The van der Waals surface area contributed by atoms with E-state index < -0.39 is 0 Å². The maximum atomic E-state index is 5.94. The fraction of sp³-hybridized carbons (Fsp3) is 1.00. The van der Waals surface area contributed by atoms with Crippen LogP contribution in [0, 0.1) is 5.92 Å². The number of rotatable bonds is 6. The highest BCUT2D eigenvalue weighted by Gasteiger charge is 2.22. The summed E-state index contributed by atoms with van der Waals surface area (Å²) in [6, 6.07) is 1.26. The normalized spacial score (nSPS) is 22.3. The summed E-state index contributed by atoms with van der Waals surface area (Å²) in [4.78, 5) is 2.49. The third-order valence-corrected chi connectivity index (χ3v) is 4.46. The Labute approximate surface area is 102 Å². The van der Waals surface area contributed by atoms with Gasteiger partial charge >= 0.3 is 0 Å². The lowest BCUT2D eigenvalue weighted by molar-refractivity contribution is 0.148. The molecule has 0 aromatic heterocycles. The predicted molar refractivity (Wildman–Crippen MR) is 71.6 cm³/mol. The molecule has 0 bridgehead atoms. The maximum absolute atomic E-state index is 5.94. The highest BCUT2D eigenvalue weighted by molar-refractivity contribution is 4.78. The molecular weight excluding hydrogens is 196 g/mol. The van der Waals surface area contributed by atoms with Crippen LogP contribution in [-0.4, -0.2) is 30.6 Å². The van der Waals surface area contributed by atoms with Gasteiger partial charge in [-0.1, -0.05) is 39.0 Å². The fourth-order valence-electron chi connectivity index (χ4n) is 2.88. The summed E-state index contributed by atoms with van der Waals surface area (Å²) >= 11 is 0. The number of hydrogen-bond donors (Lipinski definition) is 1. The fourth-order valence-corrected chi connectivity index (χ4v) is 2.88. The molecule has 1 aliphatic rings. The van der Waals surface area contributed by atoms with Crippen LogP contribution in [0.4, 0.5) is 0 Å². The molecule has 0 spiro atoms. The van der Waals surface area contributed by atoms with Crippen molar-refractivity contribution in [3.63, 3.8) is 0 Å². The average Bonchev–Trinajstić information content (AvgIpc) is 2.35. The third kappa shape index (κ3) is 4.06. The minimum absolute atomic E-state index is 0.595. The minimum Gasteiger partial charge on any atom is -0.329 e. The van der Waals surface area contributed by atoms with Gasteiger partial charge in [0.1, 0.15) is 0 Å². The maximum Gasteiger partial charge on any atom is 0.0220 e. The Kier molecular flexibility index (Phi) is 6.37. The van der Waals surface area contributed by atoms with Gasteiger partial charge in [-0.3, -0.25) is 4.90 Å². The van der Waals surface area contributed by atoms with Crippen LogP contribution in [0.3, 0.4) is 0 Å². The van der Waals surface area contributed by atoms with Gasteiger partial charge in [-0.05, 0) is 32.7 Å². The second kappa shape index (κ2) is 7.29. The largest absolute Gasteiger partial charge is 0.329 e. The second-order valence-electron chi connectivity index (χ2n) is 5.55. The van der Waals surface area contributed by atoms with Crippen LogP contribution < -0.4 is 5.73 Å². The number of likely N-dealkylation sites (N-methyl/N-ethyl adjacent to an activating group) is 1. The zero-order chi connectivity index (χ0) is 12.0. The van der Waals surface area contributed by atoms with Crippen molar-refractivity contribution in [2.75, 3.05) is 13.6 Å². The molecule has 0 radical (unpaired) electrons. The van der Waals surface area contributed by atoms with Gasteiger partial charge in [-0.15, -0.1) is 0 Å². The highest BCUT2D eigenvalue weighted by atomic mass is 15.2. The van der Waals surface area contributed by atoms with Gasteiger partial charge in [0.05, 0.1) is 0 Å². The van der Waals surface area contributed by atoms with Gasteiger partial charge in [0.2, 0.25) is 0 Å². The number of hydrogen-bond acceptors (Lipinski definition) is 2. The van der Waals surface area contributed by atoms with Crippen molar-refractivity contribution in [1.82, 2.24) is 4.90 Å². The van der Waals surface area contributed by atoms with Crippen molar-refractivity contribution in [3.05, 3.63) is 0 Å². The van der Waals surface area contributed by atoms with Gasteiger partial charge < -0.3 is 5.73 Å². The van der Waals surface area contributed by atoms with E-state index in [1.165, 1.54) is 44.9 Å². The molecule has 0 aromatic carbocycles. The van der Waals surface area contributed by atoms with E-state index in [1.807, 2.05) is 0 Å². The molecule has 2 unspecified atom stereocenters. The highest BCUT2D eigenvalue weighted by Crippen LogP contribution is 2.28. The average molecular weight is 226 g/mol. The quantitative estimate of drug-likeness (QED) is 0.754. The van der Waals surface area contributed by atoms with Crippen LogP contribution >= 0.6 is 0 Å². The third-order valence-electron chi connectivity index (χ3n) is 4.46. The van der Waals surface area contributed by atoms with E-state index in [1.54, 1.807) is 0 Å². The summed E-state index contributed by atoms with van der Waals surface area (Å²) in [6.45, 7) is 5.39. The lowest BCUT2D eigenvalue weighted by atomic mass is 9.84. The molecule has 1 fully saturated rings. The first-order valence-corrected chi connectivity index (χ1v) is 7.11.